The molecule has 6 bridgehead atoms. The molecule has 6 atom stereocenters. The maximum absolute atomic E-state index is 6.08. The second-order valence-corrected chi connectivity index (χ2v) is 18.7. The Kier molecular flexibility index (Phi) is 6.67. The normalized spacial score (nSPS) is 22.3. The molecule has 3 aromatic heterocycles. The quantitative estimate of drug-likeness (QED) is 0.128. The van der Waals surface area contributed by atoms with Crippen LogP contribution in [0.3, 0.4) is 0 Å². The largest absolute Gasteiger partial charge is 0.247 e. The molecule has 0 saturated heterocycles. The Hall–Kier alpha value is -7.23. The molecule has 6 aromatic carbocycles. The van der Waals surface area contributed by atoms with Crippen LogP contribution in [0.2, 0.25) is 0 Å². The van der Waals surface area contributed by atoms with E-state index in [0.717, 1.165) is 58.5 Å². The van der Waals surface area contributed by atoms with Crippen LogP contribution in [0, 0.1) is 0 Å². The fourth-order valence-corrected chi connectivity index (χ4v) is 14.0. The highest BCUT2D eigenvalue weighted by atomic mass is 14.8. The Bertz CT molecular complexity index is 3540. The van der Waals surface area contributed by atoms with E-state index in [2.05, 4.69) is 153 Å². The predicted octanol–water partition coefficient (Wildman–Crippen LogP) is 14.4. The van der Waals surface area contributed by atoms with Gasteiger partial charge in [-0.25, -0.2) is 15.0 Å². The standard InChI is InChI=1S/C60H41N3/c1-3-17-31(4-2)55-49-43-28-40(34-22-11-14-25-37(34)43)46(49)52-58(61-55)53-47-41-29-44(38-26-15-12-23-35(38)41)50(47)56(32-18-7-5-8-19-32)63-60(53)54-48-42-30-45(39-27-16-13-24-36(39)42)51(48)57(62-59(52)54)33-20-9-6-10-21-33/h3-27,40-45H,1-2,28-30H2/b31-17+. The third-order valence-corrected chi connectivity index (χ3v) is 16.2. The summed E-state index contributed by atoms with van der Waals surface area (Å²) in [5, 5.41) is 3.69. The molecule has 0 radical (unpaired) electrons. The summed E-state index contributed by atoms with van der Waals surface area (Å²) in [5.41, 5.74) is 26.8. The summed E-state index contributed by atoms with van der Waals surface area (Å²) in [6, 6.07) is 49.6. The van der Waals surface area contributed by atoms with Crippen LogP contribution in [0.1, 0.15) is 127 Å². The highest BCUT2D eigenvalue weighted by Crippen LogP contribution is 2.66. The Balaban J connectivity index is 1.21. The van der Waals surface area contributed by atoms with Gasteiger partial charge < -0.3 is 0 Å². The molecule has 0 fully saturated rings. The SMILES string of the molecule is C=C/C=C(\C=C)c1nc2c(c3c1C1CC3c3ccccc31)c1nc(-c3ccccc3)c3c(c1c1nc(-c4ccccc4)c4c(c21)C1CC4c2ccccc21)C1CC3c2ccccc21. The van der Waals surface area contributed by atoms with Gasteiger partial charge in [0.15, 0.2) is 0 Å². The van der Waals surface area contributed by atoms with Crippen molar-refractivity contribution < 1.29 is 0 Å². The number of allylic oxidation sites excluding steroid dienone is 4. The third kappa shape index (κ3) is 4.19. The zero-order valence-corrected chi connectivity index (χ0v) is 34.8. The molecule has 15 rings (SSSR count). The average Bonchev–Trinajstić information content (AvgIpc) is 4.22. The van der Waals surface area contributed by atoms with Crippen molar-refractivity contribution in [1.82, 2.24) is 15.0 Å². The smallest absolute Gasteiger partial charge is 0.0832 e. The number of pyridine rings is 3. The van der Waals surface area contributed by atoms with Crippen LogP contribution in [0.25, 0.3) is 60.8 Å². The molecule has 6 aliphatic carbocycles. The predicted molar refractivity (Wildman–Crippen MR) is 256 cm³/mol. The van der Waals surface area contributed by atoms with Crippen LogP contribution in [-0.4, -0.2) is 15.0 Å². The van der Waals surface area contributed by atoms with Crippen molar-refractivity contribution in [1.29, 1.82) is 0 Å². The molecule has 0 aliphatic heterocycles. The van der Waals surface area contributed by atoms with Crippen molar-refractivity contribution in [2.75, 3.05) is 0 Å². The summed E-state index contributed by atoms with van der Waals surface area (Å²) in [6.45, 7) is 8.56. The van der Waals surface area contributed by atoms with Crippen molar-refractivity contribution in [2.24, 2.45) is 0 Å². The molecule has 3 heterocycles. The maximum atomic E-state index is 6.08. The van der Waals surface area contributed by atoms with E-state index in [1.54, 1.807) is 0 Å². The first-order chi connectivity index (χ1) is 31.2. The Morgan fingerprint density at radius 2 is 0.730 bits per heavy atom. The van der Waals surface area contributed by atoms with Gasteiger partial charge in [0.25, 0.3) is 0 Å². The van der Waals surface area contributed by atoms with E-state index < -0.39 is 0 Å². The molecule has 0 spiro atoms. The van der Waals surface area contributed by atoms with E-state index in [4.69, 9.17) is 15.0 Å². The van der Waals surface area contributed by atoms with Crippen LogP contribution in [0.4, 0.5) is 0 Å². The lowest BCUT2D eigenvalue weighted by Gasteiger charge is -2.29. The number of nitrogens with zero attached hydrogens (tertiary/aromatic N) is 3. The fraction of sp³-hybridized carbons (Fsp3) is 0.150. The summed E-state index contributed by atoms with van der Waals surface area (Å²) in [4.78, 5) is 18.2. The molecule has 6 aliphatic rings. The Morgan fingerprint density at radius 1 is 0.397 bits per heavy atom. The number of aromatic nitrogens is 3. The first kappa shape index (κ1) is 34.4. The molecule has 3 heteroatoms. The van der Waals surface area contributed by atoms with Crippen molar-refractivity contribution in [3.63, 3.8) is 0 Å². The van der Waals surface area contributed by atoms with Gasteiger partial charge in [-0.15, -0.1) is 0 Å². The van der Waals surface area contributed by atoms with Gasteiger partial charge >= 0.3 is 0 Å². The van der Waals surface area contributed by atoms with E-state index in [1.165, 1.54) is 94.0 Å². The number of benzene rings is 6. The summed E-state index contributed by atoms with van der Waals surface area (Å²) in [5.74, 6) is 1.52. The number of fused-ring (bicyclic) bond motifs is 33. The van der Waals surface area contributed by atoms with Crippen LogP contribution >= 0.6 is 0 Å². The van der Waals surface area contributed by atoms with Gasteiger partial charge in [-0.05, 0) is 91.6 Å². The first-order valence-electron chi connectivity index (χ1n) is 22.8. The molecule has 3 nitrogen and oxygen atoms in total. The molecule has 63 heavy (non-hydrogen) atoms. The topological polar surface area (TPSA) is 38.7 Å². The Labute approximate surface area is 366 Å². The molecule has 0 amide bonds. The van der Waals surface area contributed by atoms with Crippen LogP contribution in [0.15, 0.2) is 165 Å². The van der Waals surface area contributed by atoms with Crippen molar-refractivity contribution in [3.8, 4) is 22.5 Å². The first-order valence-corrected chi connectivity index (χ1v) is 22.8. The van der Waals surface area contributed by atoms with Gasteiger partial charge in [0.1, 0.15) is 0 Å². The van der Waals surface area contributed by atoms with Crippen molar-refractivity contribution >= 4 is 38.3 Å². The summed E-state index contributed by atoms with van der Waals surface area (Å²) in [6.07, 6.45) is 9.13. The highest BCUT2D eigenvalue weighted by Gasteiger charge is 2.50. The second-order valence-electron chi connectivity index (χ2n) is 18.7. The van der Waals surface area contributed by atoms with Crippen LogP contribution in [-0.2, 0) is 0 Å². The van der Waals surface area contributed by atoms with E-state index >= 15 is 0 Å². The van der Waals surface area contributed by atoms with Gasteiger partial charge in [0, 0.05) is 62.8 Å². The van der Waals surface area contributed by atoms with E-state index in [-0.39, 0.29) is 35.5 Å². The van der Waals surface area contributed by atoms with E-state index in [1.807, 2.05) is 12.2 Å². The van der Waals surface area contributed by atoms with Gasteiger partial charge in [-0.2, -0.15) is 0 Å². The fourth-order valence-electron chi connectivity index (χ4n) is 14.0. The average molecular weight is 804 g/mol. The van der Waals surface area contributed by atoms with Gasteiger partial charge in [0.05, 0.1) is 33.6 Å². The molecule has 0 N–H and O–H groups in total. The Morgan fingerprint density at radius 3 is 1.11 bits per heavy atom. The lowest BCUT2D eigenvalue weighted by atomic mass is 9.77. The monoisotopic (exact) mass is 803 g/mol. The molecule has 6 unspecified atom stereocenters. The summed E-state index contributed by atoms with van der Waals surface area (Å²) < 4.78 is 0. The summed E-state index contributed by atoms with van der Waals surface area (Å²) >= 11 is 0. The molecule has 9 aromatic rings. The molecular weight excluding hydrogens is 763 g/mol. The molecule has 296 valence electrons. The maximum Gasteiger partial charge on any atom is 0.0832 e. The summed E-state index contributed by atoms with van der Waals surface area (Å²) in [7, 11) is 0. The zero-order chi connectivity index (χ0) is 41.2. The second kappa shape index (κ2) is 12.2. The molecular formula is C60H41N3. The molecule has 0 saturated carbocycles. The van der Waals surface area contributed by atoms with Crippen LogP contribution in [0.5, 0.6) is 0 Å². The minimum Gasteiger partial charge on any atom is -0.247 e. The lowest BCUT2D eigenvalue weighted by molar-refractivity contribution is 0.796. The van der Waals surface area contributed by atoms with Gasteiger partial charge in [-0.3, -0.25) is 0 Å². The minimum atomic E-state index is 0.232. The number of rotatable bonds is 5. The van der Waals surface area contributed by atoms with E-state index in [9.17, 15) is 0 Å². The zero-order valence-electron chi connectivity index (χ0n) is 34.8. The van der Waals surface area contributed by atoms with Crippen LogP contribution < -0.4 is 0 Å². The number of hydrogen-bond donors (Lipinski definition) is 0. The van der Waals surface area contributed by atoms with Gasteiger partial charge in [0.2, 0.25) is 0 Å². The lowest BCUT2D eigenvalue weighted by Crippen LogP contribution is -2.14. The van der Waals surface area contributed by atoms with Gasteiger partial charge in [-0.1, -0.05) is 165 Å². The van der Waals surface area contributed by atoms with Crippen molar-refractivity contribution in [2.45, 2.75) is 54.8 Å². The van der Waals surface area contributed by atoms with E-state index in [0.29, 0.717) is 0 Å². The highest BCUT2D eigenvalue weighted by molar-refractivity contribution is 6.27. The minimum absolute atomic E-state index is 0.232. The number of hydrogen-bond acceptors (Lipinski definition) is 3. The third-order valence-electron chi connectivity index (χ3n) is 16.2. The van der Waals surface area contributed by atoms with Crippen molar-refractivity contribution in [3.05, 3.63) is 237 Å².